The van der Waals surface area contributed by atoms with E-state index in [0.29, 0.717) is 13.2 Å². The molecule has 4 nitrogen and oxygen atoms in total. The lowest BCUT2D eigenvalue weighted by Gasteiger charge is -2.17. The number of amides is 1. The van der Waals surface area contributed by atoms with Crippen molar-refractivity contribution in [2.24, 2.45) is 0 Å². The molecule has 0 saturated carbocycles. The van der Waals surface area contributed by atoms with Crippen molar-refractivity contribution in [3.05, 3.63) is 12.7 Å². The number of hydrogen-bond donors (Lipinski definition) is 0. The highest BCUT2D eigenvalue weighted by Crippen LogP contribution is 2.09. The van der Waals surface area contributed by atoms with Crippen LogP contribution in [0.3, 0.4) is 0 Å². The summed E-state index contributed by atoms with van der Waals surface area (Å²) in [6, 6.07) is 1.98. The van der Waals surface area contributed by atoms with Crippen LogP contribution in [-0.2, 0) is 9.53 Å². The lowest BCUT2D eigenvalue weighted by Crippen LogP contribution is -2.33. The number of nitriles is 1. The van der Waals surface area contributed by atoms with E-state index in [1.807, 2.05) is 6.07 Å². The first-order valence-electron chi connectivity index (χ1n) is 8.62. The zero-order valence-electron chi connectivity index (χ0n) is 14.2. The second-order valence-electron chi connectivity index (χ2n) is 5.56. The zero-order valence-corrected chi connectivity index (χ0v) is 14.2. The summed E-state index contributed by atoms with van der Waals surface area (Å²) in [6.45, 7) is 7.44. The molecule has 0 heterocycles. The van der Waals surface area contributed by atoms with Crippen molar-refractivity contribution in [2.45, 2.75) is 64.7 Å². The van der Waals surface area contributed by atoms with E-state index in [0.717, 1.165) is 13.0 Å². The van der Waals surface area contributed by atoms with Crippen molar-refractivity contribution in [1.29, 1.82) is 5.26 Å². The molecule has 0 aromatic heterocycles. The molecule has 22 heavy (non-hydrogen) atoms. The Morgan fingerprint density at radius 3 is 2.23 bits per heavy atom. The van der Waals surface area contributed by atoms with Crippen LogP contribution < -0.4 is 0 Å². The van der Waals surface area contributed by atoms with Crippen LogP contribution in [0.1, 0.15) is 64.7 Å². The van der Waals surface area contributed by atoms with Crippen molar-refractivity contribution < 1.29 is 9.53 Å². The molecule has 0 bridgehead atoms. The minimum absolute atomic E-state index is 0.0895. The van der Waals surface area contributed by atoms with Gasteiger partial charge in [0.05, 0.1) is 12.7 Å². The molecule has 0 saturated heterocycles. The summed E-state index contributed by atoms with van der Waals surface area (Å²) < 4.78 is 5.53. The quantitative estimate of drug-likeness (QED) is 0.260. The van der Waals surface area contributed by atoms with Gasteiger partial charge in [-0.05, 0) is 12.5 Å². The predicted octanol–water partition coefficient (Wildman–Crippen LogP) is 4.07. The van der Waals surface area contributed by atoms with Crippen LogP contribution in [0.4, 0.5) is 0 Å². The fourth-order valence-corrected chi connectivity index (χ4v) is 2.27. The number of hydrogen-bond acceptors (Lipinski definition) is 3. The maximum absolute atomic E-state index is 11.4. The highest BCUT2D eigenvalue weighted by molar-refractivity contribution is 5.87. The monoisotopic (exact) mass is 308 g/mol. The van der Waals surface area contributed by atoms with E-state index in [9.17, 15) is 4.79 Å². The van der Waals surface area contributed by atoms with Gasteiger partial charge in [-0.15, -0.1) is 0 Å². The molecule has 0 fully saturated rings. The van der Waals surface area contributed by atoms with Gasteiger partial charge in [-0.1, -0.05) is 64.9 Å². The van der Waals surface area contributed by atoms with Crippen molar-refractivity contribution in [1.82, 2.24) is 4.90 Å². The third-order valence-electron chi connectivity index (χ3n) is 3.65. The van der Waals surface area contributed by atoms with Gasteiger partial charge in [0.15, 0.2) is 0 Å². The number of nitrogens with zero attached hydrogens (tertiary/aromatic N) is 2. The summed E-state index contributed by atoms with van der Waals surface area (Å²) in [4.78, 5) is 12.9. The highest BCUT2D eigenvalue weighted by atomic mass is 16.5. The summed E-state index contributed by atoms with van der Waals surface area (Å²) >= 11 is 0. The number of carbonyl (C=O) groups excluding carboxylic acids is 1. The number of ether oxygens (including phenoxy) is 1. The molecule has 0 aliphatic rings. The van der Waals surface area contributed by atoms with Crippen molar-refractivity contribution in [3.63, 3.8) is 0 Å². The van der Waals surface area contributed by atoms with Gasteiger partial charge >= 0.3 is 0 Å². The third-order valence-corrected chi connectivity index (χ3v) is 3.65. The summed E-state index contributed by atoms with van der Waals surface area (Å²) in [5.41, 5.74) is 0. The van der Waals surface area contributed by atoms with Crippen LogP contribution in [0.2, 0.25) is 0 Å². The Hall–Kier alpha value is -1.34. The zero-order chi connectivity index (χ0) is 16.5. The van der Waals surface area contributed by atoms with Crippen molar-refractivity contribution >= 4 is 5.91 Å². The van der Waals surface area contributed by atoms with Gasteiger partial charge in [-0.3, -0.25) is 4.79 Å². The predicted molar refractivity (Wildman–Crippen MR) is 90.4 cm³/mol. The van der Waals surface area contributed by atoms with Crippen molar-refractivity contribution in [3.8, 4) is 6.07 Å². The number of unbranched alkanes of at least 4 members (excludes halogenated alkanes) is 8. The Kier molecular flexibility index (Phi) is 15.1. The highest BCUT2D eigenvalue weighted by Gasteiger charge is 2.08. The molecule has 1 amide bonds. The Morgan fingerprint density at radius 1 is 1.09 bits per heavy atom. The summed E-state index contributed by atoms with van der Waals surface area (Å²) in [6.07, 6.45) is 12.9. The molecule has 0 spiro atoms. The van der Waals surface area contributed by atoms with E-state index >= 15 is 0 Å². The van der Waals surface area contributed by atoms with E-state index in [1.165, 1.54) is 62.3 Å². The largest absolute Gasteiger partial charge is 0.380 e. The van der Waals surface area contributed by atoms with E-state index in [2.05, 4.69) is 13.5 Å². The minimum atomic E-state index is -0.215. The van der Waals surface area contributed by atoms with E-state index in [1.54, 1.807) is 0 Å². The molecule has 0 N–H and O–H groups in total. The molecule has 0 unspecified atom stereocenters. The molecule has 0 aromatic rings. The first-order valence-corrected chi connectivity index (χ1v) is 8.62. The Labute approximate surface area is 136 Å². The van der Waals surface area contributed by atoms with Gasteiger partial charge in [-0.2, -0.15) is 5.26 Å². The smallest absolute Gasteiger partial charge is 0.246 e. The topological polar surface area (TPSA) is 53.3 Å². The third kappa shape index (κ3) is 12.4. The molecule has 0 atom stereocenters. The van der Waals surface area contributed by atoms with Gasteiger partial charge < -0.3 is 9.64 Å². The van der Waals surface area contributed by atoms with E-state index in [-0.39, 0.29) is 12.5 Å². The van der Waals surface area contributed by atoms with Crippen molar-refractivity contribution in [2.75, 3.05) is 26.3 Å². The summed E-state index contributed by atoms with van der Waals surface area (Å²) in [5.74, 6) is -0.215. The van der Waals surface area contributed by atoms with Crippen LogP contribution in [0.15, 0.2) is 12.7 Å². The second-order valence-corrected chi connectivity index (χ2v) is 5.56. The summed E-state index contributed by atoms with van der Waals surface area (Å²) in [5, 5.41) is 8.65. The molecule has 0 rings (SSSR count). The Morgan fingerprint density at radius 2 is 1.68 bits per heavy atom. The first kappa shape index (κ1) is 20.7. The molecule has 4 heteroatoms. The molecule has 0 aliphatic heterocycles. The fourth-order valence-electron chi connectivity index (χ4n) is 2.27. The van der Waals surface area contributed by atoms with Crippen LogP contribution >= 0.6 is 0 Å². The molecule has 0 aromatic carbocycles. The first-order chi connectivity index (χ1) is 10.8. The van der Waals surface area contributed by atoms with E-state index in [4.69, 9.17) is 10.00 Å². The van der Waals surface area contributed by atoms with Crippen LogP contribution in [0.25, 0.3) is 0 Å². The molecular formula is C18H32N2O2. The SMILES string of the molecule is C=CC(=O)N(CC#N)CCOCCCCCCCCCCC. The maximum atomic E-state index is 11.4. The van der Waals surface area contributed by atoms with Gasteiger partial charge in [0.25, 0.3) is 0 Å². The second kappa shape index (κ2) is 16.0. The molecule has 0 radical (unpaired) electrons. The average Bonchev–Trinajstić information content (AvgIpc) is 2.54. The molecule has 126 valence electrons. The summed E-state index contributed by atoms with van der Waals surface area (Å²) in [7, 11) is 0. The maximum Gasteiger partial charge on any atom is 0.246 e. The van der Waals surface area contributed by atoms with Gasteiger partial charge in [-0.25, -0.2) is 0 Å². The Balaban J connectivity index is 3.37. The Bertz CT molecular complexity index is 324. The van der Waals surface area contributed by atoms with Gasteiger partial charge in [0, 0.05) is 13.2 Å². The van der Waals surface area contributed by atoms with Crippen LogP contribution in [-0.4, -0.2) is 37.1 Å². The fraction of sp³-hybridized carbons (Fsp3) is 0.778. The van der Waals surface area contributed by atoms with Gasteiger partial charge in [0.2, 0.25) is 5.91 Å². The van der Waals surface area contributed by atoms with Crippen LogP contribution in [0.5, 0.6) is 0 Å². The molecular weight excluding hydrogens is 276 g/mol. The van der Waals surface area contributed by atoms with Gasteiger partial charge in [0.1, 0.15) is 6.54 Å². The number of rotatable bonds is 15. The average molecular weight is 308 g/mol. The number of carbonyl (C=O) groups is 1. The lowest BCUT2D eigenvalue weighted by molar-refractivity contribution is -0.126. The normalized spacial score (nSPS) is 10.2. The minimum Gasteiger partial charge on any atom is -0.380 e. The lowest BCUT2D eigenvalue weighted by atomic mass is 10.1. The van der Waals surface area contributed by atoms with E-state index < -0.39 is 0 Å². The standard InChI is InChI=1S/C18H32N2O2/c1-3-5-6-7-8-9-10-11-12-16-22-17-15-20(14-13-19)18(21)4-2/h4H,2-3,5-12,14-17H2,1H3. The molecule has 0 aliphatic carbocycles. The van der Waals surface area contributed by atoms with Crippen LogP contribution in [0, 0.1) is 11.3 Å².